The number of imidazole rings is 2. The Morgan fingerprint density at radius 2 is 2.15 bits per heavy atom. The SMILES string of the molecule is CCn1cnc2c(N[C@H]3CCN(S(=O)(=O)n4ccnc4C)C3)nc(Cl)nc21. The molecule has 1 atom stereocenters. The zero-order valence-corrected chi connectivity index (χ0v) is 16.4. The highest BCUT2D eigenvalue weighted by atomic mass is 35.5. The number of anilines is 1. The van der Waals surface area contributed by atoms with Crippen LogP contribution in [0.25, 0.3) is 11.2 Å². The van der Waals surface area contributed by atoms with E-state index in [1.54, 1.807) is 13.3 Å². The summed E-state index contributed by atoms with van der Waals surface area (Å²) >= 11 is 6.06. The van der Waals surface area contributed by atoms with Crippen LogP contribution in [-0.2, 0) is 16.8 Å². The number of nitrogens with one attached hydrogen (secondary N) is 1. The van der Waals surface area contributed by atoms with Crippen molar-refractivity contribution in [3.05, 3.63) is 29.8 Å². The minimum absolute atomic E-state index is 0.107. The third kappa shape index (κ3) is 3.15. The summed E-state index contributed by atoms with van der Waals surface area (Å²) in [6, 6.07) is -0.107. The second-order valence-corrected chi connectivity index (χ2v) is 8.45. The molecule has 3 aromatic heterocycles. The molecule has 0 radical (unpaired) electrons. The molecular formula is C15H19ClN8O2S. The van der Waals surface area contributed by atoms with Gasteiger partial charge in [0, 0.05) is 38.1 Å². The van der Waals surface area contributed by atoms with Crippen molar-refractivity contribution in [2.75, 3.05) is 18.4 Å². The van der Waals surface area contributed by atoms with E-state index >= 15 is 0 Å². The second-order valence-electron chi connectivity index (χ2n) is 6.31. The average Bonchev–Trinajstić information content (AvgIpc) is 3.34. The van der Waals surface area contributed by atoms with Crippen molar-refractivity contribution >= 4 is 38.8 Å². The van der Waals surface area contributed by atoms with E-state index in [0.717, 1.165) is 0 Å². The number of aryl methyl sites for hydroxylation is 2. The van der Waals surface area contributed by atoms with Gasteiger partial charge in [0.2, 0.25) is 5.28 Å². The Kier molecular flexibility index (Phi) is 4.52. The van der Waals surface area contributed by atoms with Crippen LogP contribution in [0.3, 0.4) is 0 Å². The van der Waals surface area contributed by atoms with Gasteiger partial charge in [-0.15, -0.1) is 0 Å². The Balaban J connectivity index is 1.57. The van der Waals surface area contributed by atoms with Crippen LogP contribution in [0.15, 0.2) is 18.7 Å². The normalized spacial score (nSPS) is 18.4. The molecule has 12 heteroatoms. The molecule has 4 rings (SSSR count). The topological polar surface area (TPSA) is 111 Å². The van der Waals surface area contributed by atoms with Gasteiger partial charge >= 0.3 is 10.2 Å². The van der Waals surface area contributed by atoms with E-state index in [0.29, 0.717) is 48.9 Å². The van der Waals surface area contributed by atoms with Crippen LogP contribution in [0.2, 0.25) is 5.28 Å². The quantitative estimate of drug-likeness (QED) is 0.630. The maximum Gasteiger partial charge on any atom is 0.309 e. The van der Waals surface area contributed by atoms with Crippen molar-refractivity contribution in [2.24, 2.45) is 0 Å². The van der Waals surface area contributed by atoms with Crippen molar-refractivity contribution in [1.82, 2.24) is 32.8 Å². The molecule has 0 aromatic carbocycles. The molecule has 3 aromatic rings. The van der Waals surface area contributed by atoms with E-state index in [1.165, 1.54) is 20.7 Å². The average molecular weight is 411 g/mol. The van der Waals surface area contributed by atoms with Gasteiger partial charge in [-0.25, -0.2) is 13.9 Å². The van der Waals surface area contributed by atoms with Crippen molar-refractivity contribution < 1.29 is 8.42 Å². The second kappa shape index (κ2) is 6.73. The molecule has 0 saturated carbocycles. The molecule has 27 heavy (non-hydrogen) atoms. The summed E-state index contributed by atoms with van der Waals surface area (Å²) in [5, 5.41) is 3.40. The largest absolute Gasteiger partial charge is 0.364 e. The molecule has 10 nitrogen and oxygen atoms in total. The lowest BCUT2D eigenvalue weighted by Crippen LogP contribution is -2.36. The Morgan fingerprint density at radius 1 is 1.33 bits per heavy atom. The van der Waals surface area contributed by atoms with Gasteiger partial charge in [0.25, 0.3) is 0 Å². The first-order chi connectivity index (χ1) is 12.9. The zero-order valence-electron chi connectivity index (χ0n) is 14.9. The van der Waals surface area contributed by atoms with Gasteiger partial charge in [-0.2, -0.15) is 22.7 Å². The number of halogens is 1. The predicted molar refractivity (Wildman–Crippen MR) is 101 cm³/mol. The molecule has 0 unspecified atom stereocenters. The Bertz CT molecular complexity index is 1090. The third-order valence-electron chi connectivity index (χ3n) is 4.63. The van der Waals surface area contributed by atoms with Gasteiger partial charge in [0.1, 0.15) is 5.82 Å². The van der Waals surface area contributed by atoms with Crippen LogP contribution in [-0.4, -0.2) is 60.3 Å². The predicted octanol–water partition coefficient (Wildman–Crippen LogP) is 1.28. The number of aromatic nitrogens is 6. The summed E-state index contributed by atoms with van der Waals surface area (Å²) in [4.78, 5) is 16.8. The molecule has 1 saturated heterocycles. The minimum atomic E-state index is -3.63. The van der Waals surface area contributed by atoms with Gasteiger partial charge in [0.15, 0.2) is 17.0 Å². The number of hydrogen-bond acceptors (Lipinski definition) is 7. The van der Waals surface area contributed by atoms with E-state index in [-0.39, 0.29) is 11.3 Å². The first-order valence-corrected chi connectivity index (χ1v) is 10.3. The lowest BCUT2D eigenvalue weighted by molar-refractivity contribution is 0.465. The number of fused-ring (bicyclic) bond motifs is 1. The van der Waals surface area contributed by atoms with Crippen LogP contribution < -0.4 is 5.32 Å². The molecule has 0 bridgehead atoms. The number of rotatable bonds is 5. The Morgan fingerprint density at radius 3 is 2.85 bits per heavy atom. The number of nitrogens with zero attached hydrogens (tertiary/aromatic N) is 7. The molecule has 0 spiro atoms. The zero-order chi connectivity index (χ0) is 19.2. The third-order valence-corrected chi connectivity index (χ3v) is 6.66. The van der Waals surface area contributed by atoms with Crippen LogP contribution in [0.4, 0.5) is 5.82 Å². The summed E-state index contributed by atoms with van der Waals surface area (Å²) in [6.07, 6.45) is 5.26. The fourth-order valence-electron chi connectivity index (χ4n) is 3.23. The van der Waals surface area contributed by atoms with E-state index in [4.69, 9.17) is 11.6 Å². The molecule has 1 N–H and O–H groups in total. The molecule has 1 aliphatic heterocycles. The first-order valence-electron chi connectivity index (χ1n) is 8.55. The summed E-state index contributed by atoms with van der Waals surface area (Å²) in [5.41, 5.74) is 1.27. The molecule has 4 heterocycles. The van der Waals surface area contributed by atoms with E-state index in [9.17, 15) is 8.42 Å². The van der Waals surface area contributed by atoms with Gasteiger partial charge in [0.05, 0.1) is 6.33 Å². The van der Waals surface area contributed by atoms with Crippen molar-refractivity contribution in [3.8, 4) is 0 Å². The Labute approximate surface area is 161 Å². The van der Waals surface area contributed by atoms with Crippen LogP contribution in [0.1, 0.15) is 19.2 Å². The smallest absolute Gasteiger partial charge is 0.309 e. The van der Waals surface area contributed by atoms with E-state index < -0.39 is 10.2 Å². The summed E-state index contributed by atoms with van der Waals surface area (Å²) < 4.78 is 30.1. The van der Waals surface area contributed by atoms with Gasteiger partial charge < -0.3 is 9.88 Å². The van der Waals surface area contributed by atoms with Crippen LogP contribution in [0, 0.1) is 6.92 Å². The molecule has 1 aliphatic rings. The van der Waals surface area contributed by atoms with Gasteiger partial charge in [-0.3, -0.25) is 0 Å². The highest BCUT2D eigenvalue weighted by molar-refractivity contribution is 7.87. The highest BCUT2D eigenvalue weighted by Gasteiger charge is 2.33. The van der Waals surface area contributed by atoms with Gasteiger partial charge in [-0.05, 0) is 31.9 Å². The summed E-state index contributed by atoms with van der Waals surface area (Å²) in [6.45, 7) is 5.08. The molecule has 0 amide bonds. The monoisotopic (exact) mass is 410 g/mol. The molecule has 1 fully saturated rings. The lowest BCUT2D eigenvalue weighted by Gasteiger charge is -2.18. The van der Waals surface area contributed by atoms with Crippen LogP contribution in [0.5, 0.6) is 0 Å². The standard InChI is InChI=1S/C15H19ClN8O2S/c1-3-22-9-18-12-13(20-15(16)21-14(12)22)19-11-4-6-23(8-11)27(25,26)24-7-5-17-10(24)2/h5,7,9,11H,3-4,6,8H2,1-2H3,(H,19,20,21)/t11-/m0/s1. The van der Waals surface area contributed by atoms with E-state index in [1.807, 2.05) is 11.5 Å². The highest BCUT2D eigenvalue weighted by Crippen LogP contribution is 2.24. The molecule has 0 aliphatic carbocycles. The lowest BCUT2D eigenvalue weighted by atomic mass is 10.2. The summed E-state index contributed by atoms with van der Waals surface area (Å²) in [5.74, 6) is 0.945. The van der Waals surface area contributed by atoms with Crippen molar-refractivity contribution in [2.45, 2.75) is 32.9 Å². The van der Waals surface area contributed by atoms with Crippen molar-refractivity contribution in [3.63, 3.8) is 0 Å². The first kappa shape index (κ1) is 18.1. The van der Waals surface area contributed by atoms with E-state index in [2.05, 4.69) is 25.3 Å². The maximum atomic E-state index is 12.8. The fraction of sp³-hybridized carbons (Fsp3) is 0.467. The van der Waals surface area contributed by atoms with Gasteiger partial charge in [-0.1, -0.05) is 0 Å². The van der Waals surface area contributed by atoms with Crippen molar-refractivity contribution in [1.29, 1.82) is 0 Å². The molecule has 144 valence electrons. The fourth-order valence-corrected chi connectivity index (χ4v) is 4.94. The summed E-state index contributed by atoms with van der Waals surface area (Å²) in [7, 11) is -3.63. The maximum absolute atomic E-state index is 12.8. The number of hydrogen-bond donors (Lipinski definition) is 1. The van der Waals surface area contributed by atoms with Crippen LogP contribution >= 0.6 is 11.6 Å². The Hall–Kier alpha value is -2.24. The molecular weight excluding hydrogens is 392 g/mol. The minimum Gasteiger partial charge on any atom is -0.364 e.